The monoisotopic (exact) mass is 547 g/mol. The lowest BCUT2D eigenvalue weighted by Gasteiger charge is -2.11. The van der Waals surface area contributed by atoms with Gasteiger partial charge in [-0.15, -0.1) is 0 Å². The highest BCUT2D eigenvalue weighted by Gasteiger charge is 2.27. The van der Waals surface area contributed by atoms with Gasteiger partial charge in [0.25, 0.3) is 0 Å². The molecule has 2 aromatic heterocycles. The number of hydrogen-bond donors (Lipinski definition) is 0. The minimum Gasteiger partial charge on any atom is -0.278 e. The molecule has 0 fully saturated rings. The fourth-order valence-corrected chi connectivity index (χ4v) is 6.56. The lowest BCUT2D eigenvalue weighted by molar-refractivity contribution is 0.953. The summed E-state index contributed by atoms with van der Waals surface area (Å²) in [7, 11) is 0. The molecule has 5 heteroatoms. The van der Waals surface area contributed by atoms with Crippen LogP contribution in [-0.4, -0.2) is 19.5 Å². The van der Waals surface area contributed by atoms with Crippen LogP contribution in [0.3, 0.4) is 0 Å². The molecule has 0 N–H and O–H groups in total. The Hall–Kier alpha value is -6.12. The zero-order valence-electron chi connectivity index (χ0n) is 22.9. The molecule has 0 atom stereocenters. The van der Waals surface area contributed by atoms with Crippen molar-refractivity contribution in [2.75, 3.05) is 0 Å². The first-order valence-electron chi connectivity index (χ1n) is 14.2. The molecule has 0 radical (unpaired) electrons. The molecular weight excluding hydrogens is 526 g/mol. The van der Waals surface area contributed by atoms with Crippen LogP contribution in [0.2, 0.25) is 0 Å². The van der Waals surface area contributed by atoms with Crippen molar-refractivity contribution in [3.8, 4) is 57.0 Å². The van der Waals surface area contributed by atoms with Gasteiger partial charge in [0.15, 0.2) is 11.6 Å². The summed E-state index contributed by atoms with van der Waals surface area (Å²) in [6.45, 7) is 0. The fraction of sp³-hybridized carbons (Fsp3) is 0. The van der Waals surface area contributed by atoms with E-state index in [1.54, 1.807) is 12.1 Å². The molecule has 0 saturated carbocycles. The van der Waals surface area contributed by atoms with Gasteiger partial charge in [-0.25, -0.2) is 4.98 Å². The predicted molar refractivity (Wildman–Crippen MR) is 172 cm³/mol. The predicted octanol–water partition coefficient (Wildman–Crippen LogP) is 8.97. The molecule has 5 nitrogen and oxygen atoms in total. The molecule has 1 aliphatic carbocycles. The van der Waals surface area contributed by atoms with Gasteiger partial charge in [-0.05, 0) is 63.9 Å². The highest BCUT2D eigenvalue weighted by Crippen LogP contribution is 2.52. The van der Waals surface area contributed by atoms with Crippen LogP contribution >= 0.6 is 0 Å². The third-order valence-corrected chi connectivity index (χ3v) is 8.43. The summed E-state index contributed by atoms with van der Waals surface area (Å²) < 4.78 is 2.16. The van der Waals surface area contributed by atoms with Crippen LogP contribution in [0.15, 0.2) is 127 Å². The van der Waals surface area contributed by atoms with E-state index in [0.717, 1.165) is 27.5 Å². The molecule has 0 amide bonds. The summed E-state index contributed by atoms with van der Waals surface area (Å²) in [6, 6.07) is 45.6. The van der Waals surface area contributed by atoms with Crippen molar-refractivity contribution in [2.24, 2.45) is 0 Å². The van der Waals surface area contributed by atoms with Gasteiger partial charge in [0.2, 0.25) is 5.95 Å². The number of benzene rings is 6. The zero-order valence-corrected chi connectivity index (χ0v) is 22.9. The molecule has 9 rings (SSSR count). The highest BCUT2D eigenvalue weighted by atomic mass is 15.2. The topological polar surface area (TPSA) is 67.4 Å². The van der Waals surface area contributed by atoms with E-state index in [1.165, 1.54) is 38.4 Å². The SMILES string of the molecule is N#Cc1ccc(-c2nc(-c3ccccc3)nc(-n3c4ccccc4c4c5c(ccc43)-c3cccc4cccc-5c34)n2)cc1. The molecule has 0 spiro atoms. The third-order valence-electron chi connectivity index (χ3n) is 8.43. The zero-order chi connectivity index (χ0) is 28.5. The smallest absolute Gasteiger partial charge is 0.238 e. The average Bonchev–Trinajstić information content (AvgIpc) is 3.59. The van der Waals surface area contributed by atoms with Crippen LogP contribution in [-0.2, 0) is 0 Å². The highest BCUT2D eigenvalue weighted by molar-refractivity contribution is 6.26. The van der Waals surface area contributed by atoms with E-state index in [2.05, 4.69) is 83.4 Å². The van der Waals surface area contributed by atoms with Gasteiger partial charge >= 0.3 is 0 Å². The lowest BCUT2D eigenvalue weighted by atomic mass is 9.98. The minimum atomic E-state index is 0.549. The van der Waals surface area contributed by atoms with Crippen molar-refractivity contribution in [1.82, 2.24) is 19.5 Å². The summed E-state index contributed by atoms with van der Waals surface area (Å²) in [6.07, 6.45) is 0. The van der Waals surface area contributed by atoms with E-state index in [0.29, 0.717) is 23.2 Å². The van der Waals surface area contributed by atoms with E-state index >= 15 is 0 Å². The standard InChI is InChI=1S/C38H21N5/c39-22-23-16-18-26(19-17-23)37-40-36(25-8-2-1-3-9-25)41-38(42-37)43-31-15-5-4-12-29(31)35-32(43)21-20-28-27-13-6-10-24-11-7-14-30(33(24)27)34(28)35/h1-21H. The number of nitrogens with zero attached hydrogens (tertiary/aromatic N) is 5. The number of aromatic nitrogens is 4. The fourth-order valence-electron chi connectivity index (χ4n) is 6.56. The van der Waals surface area contributed by atoms with Gasteiger partial charge in [0.05, 0.1) is 22.7 Å². The Balaban J connectivity index is 1.37. The molecule has 0 saturated heterocycles. The third kappa shape index (κ3) is 3.41. The second-order valence-corrected chi connectivity index (χ2v) is 10.8. The number of nitriles is 1. The van der Waals surface area contributed by atoms with Gasteiger partial charge in [-0.3, -0.25) is 4.57 Å². The maximum absolute atomic E-state index is 9.34. The van der Waals surface area contributed by atoms with Crippen LogP contribution in [0.1, 0.15) is 5.56 Å². The molecular formula is C38H21N5. The molecule has 0 unspecified atom stereocenters. The Morgan fingerprint density at radius 1 is 0.512 bits per heavy atom. The Bertz CT molecular complexity index is 2440. The van der Waals surface area contributed by atoms with Gasteiger partial charge in [0.1, 0.15) is 0 Å². The largest absolute Gasteiger partial charge is 0.278 e. The summed E-state index contributed by atoms with van der Waals surface area (Å²) in [5.74, 6) is 1.69. The van der Waals surface area contributed by atoms with Gasteiger partial charge < -0.3 is 0 Å². The van der Waals surface area contributed by atoms with E-state index in [9.17, 15) is 5.26 Å². The lowest BCUT2D eigenvalue weighted by Crippen LogP contribution is -2.06. The normalized spacial score (nSPS) is 11.7. The molecule has 43 heavy (non-hydrogen) atoms. The number of para-hydroxylation sites is 1. The molecule has 198 valence electrons. The van der Waals surface area contributed by atoms with E-state index in [4.69, 9.17) is 15.0 Å². The second-order valence-electron chi connectivity index (χ2n) is 10.8. The quantitative estimate of drug-likeness (QED) is 0.221. The van der Waals surface area contributed by atoms with Crippen molar-refractivity contribution in [3.05, 3.63) is 133 Å². The average molecular weight is 548 g/mol. The van der Waals surface area contributed by atoms with Crippen LogP contribution in [0.4, 0.5) is 0 Å². The Labute approximate surface area is 247 Å². The Morgan fingerprint density at radius 3 is 1.98 bits per heavy atom. The first-order chi connectivity index (χ1) is 21.3. The molecule has 1 aliphatic rings. The van der Waals surface area contributed by atoms with E-state index in [1.807, 2.05) is 42.5 Å². The minimum absolute atomic E-state index is 0.549. The molecule has 2 heterocycles. The van der Waals surface area contributed by atoms with Crippen molar-refractivity contribution >= 4 is 32.6 Å². The van der Waals surface area contributed by atoms with Gasteiger partial charge in [-0.1, -0.05) is 91.0 Å². The Morgan fingerprint density at radius 2 is 1.21 bits per heavy atom. The molecule has 6 aromatic carbocycles. The first kappa shape index (κ1) is 23.6. The summed E-state index contributed by atoms with van der Waals surface area (Å²) in [5.41, 5.74) is 9.43. The van der Waals surface area contributed by atoms with Crippen LogP contribution < -0.4 is 0 Å². The van der Waals surface area contributed by atoms with Crippen molar-refractivity contribution in [1.29, 1.82) is 5.26 Å². The summed E-state index contributed by atoms with van der Waals surface area (Å²) in [5, 5.41) is 14.2. The van der Waals surface area contributed by atoms with Crippen LogP contribution in [0.25, 0.3) is 83.6 Å². The van der Waals surface area contributed by atoms with Crippen molar-refractivity contribution < 1.29 is 0 Å². The molecule has 0 aliphatic heterocycles. The maximum atomic E-state index is 9.34. The number of hydrogen-bond acceptors (Lipinski definition) is 4. The van der Waals surface area contributed by atoms with Gasteiger partial charge in [0, 0.05) is 27.5 Å². The van der Waals surface area contributed by atoms with Gasteiger partial charge in [-0.2, -0.15) is 15.2 Å². The summed E-state index contributed by atoms with van der Waals surface area (Å²) >= 11 is 0. The second kappa shape index (κ2) is 8.94. The summed E-state index contributed by atoms with van der Waals surface area (Å²) in [4.78, 5) is 15.0. The molecule has 0 bridgehead atoms. The van der Waals surface area contributed by atoms with Crippen molar-refractivity contribution in [2.45, 2.75) is 0 Å². The van der Waals surface area contributed by atoms with E-state index in [-0.39, 0.29) is 0 Å². The maximum Gasteiger partial charge on any atom is 0.238 e. The first-order valence-corrected chi connectivity index (χ1v) is 14.2. The number of rotatable bonds is 3. The van der Waals surface area contributed by atoms with Crippen molar-refractivity contribution in [3.63, 3.8) is 0 Å². The van der Waals surface area contributed by atoms with Crippen LogP contribution in [0.5, 0.6) is 0 Å². The Kier molecular flexibility index (Phi) is 4.90. The molecule has 8 aromatic rings. The number of fused-ring (bicyclic) bond motifs is 7. The van der Waals surface area contributed by atoms with Crippen LogP contribution in [0, 0.1) is 11.3 Å². The van der Waals surface area contributed by atoms with E-state index < -0.39 is 0 Å².